The zero-order chi connectivity index (χ0) is 12.0. The van der Waals surface area contributed by atoms with Gasteiger partial charge in [0.1, 0.15) is 5.75 Å². The fourth-order valence-corrected chi connectivity index (χ4v) is 1.74. The first-order valence-corrected chi connectivity index (χ1v) is 5.98. The van der Waals surface area contributed by atoms with Gasteiger partial charge in [0.15, 0.2) is 0 Å². The summed E-state index contributed by atoms with van der Waals surface area (Å²) in [6.07, 6.45) is 2.44. The molecule has 0 aliphatic carbocycles. The number of hydrogen-bond acceptors (Lipinski definition) is 1. The summed E-state index contributed by atoms with van der Waals surface area (Å²) in [7, 11) is 0. The van der Waals surface area contributed by atoms with Crippen LogP contribution in [0.3, 0.4) is 0 Å². The molecule has 0 saturated carbocycles. The van der Waals surface area contributed by atoms with Crippen LogP contribution in [0.15, 0.2) is 12.1 Å². The summed E-state index contributed by atoms with van der Waals surface area (Å²) in [5.41, 5.74) is 3.58. The Balaban J connectivity index is 2.79. The first kappa shape index (κ1) is 13.0. The molecule has 0 N–H and O–H groups in total. The van der Waals surface area contributed by atoms with E-state index >= 15 is 0 Å². The minimum Gasteiger partial charge on any atom is -0.493 e. The van der Waals surface area contributed by atoms with Crippen molar-refractivity contribution in [2.45, 2.75) is 40.0 Å². The Kier molecular flexibility index (Phi) is 5.30. The lowest BCUT2D eigenvalue weighted by atomic mass is 10.0. The van der Waals surface area contributed by atoms with E-state index in [-0.39, 0.29) is 6.67 Å². The monoisotopic (exact) mass is 224 g/mol. The quantitative estimate of drug-likeness (QED) is 0.709. The molecule has 0 fully saturated rings. The summed E-state index contributed by atoms with van der Waals surface area (Å²) in [6, 6.07) is 4.19. The van der Waals surface area contributed by atoms with Crippen molar-refractivity contribution in [1.29, 1.82) is 0 Å². The highest BCUT2D eigenvalue weighted by molar-refractivity contribution is 5.41. The van der Waals surface area contributed by atoms with Gasteiger partial charge in [-0.1, -0.05) is 13.0 Å². The van der Waals surface area contributed by atoms with Crippen LogP contribution in [-0.4, -0.2) is 13.3 Å². The van der Waals surface area contributed by atoms with Crippen molar-refractivity contribution in [3.05, 3.63) is 28.8 Å². The Hall–Kier alpha value is -1.05. The van der Waals surface area contributed by atoms with Crippen LogP contribution in [0.1, 0.15) is 36.5 Å². The third kappa shape index (κ3) is 3.51. The lowest BCUT2D eigenvalue weighted by Gasteiger charge is -2.12. The van der Waals surface area contributed by atoms with Crippen LogP contribution >= 0.6 is 0 Å². The molecule has 0 amide bonds. The summed E-state index contributed by atoms with van der Waals surface area (Å²) >= 11 is 0. The Labute approximate surface area is 97.6 Å². The van der Waals surface area contributed by atoms with Crippen molar-refractivity contribution in [3.63, 3.8) is 0 Å². The minimum absolute atomic E-state index is 0.243. The van der Waals surface area contributed by atoms with Gasteiger partial charge in [0.2, 0.25) is 0 Å². The van der Waals surface area contributed by atoms with Gasteiger partial charge in [-0.15, -0.1) is 0 Å². The zero-order valence-electron chi connectivity index (χ0n) is 10.5. The molecule has 0 saturated heterocycles. The maximum absolute atomic E-state index is 12.1. The fraction of sp³-hybridized carbons (Fsp3) is 0.571. The largest absolute Gasteiger partial charge is 0.493 e. The molecule has 16 heavy (non-hydrogen) atoms. The summed E-state index contributed by atoms with van der Waals surface area (Å²) in [4.78, 5) is 0. The second-order valence-electron chi connectivity index (χ2n) is 4.19. The van der Waals surface area contributed by atoms with Gasteiger partial charge in [0, 0.05) is 0 Å². The SMILES string of the molecule is CCCOc1cc(C)c(CCCF)cc1C. The van der Waals surface area contributed by atoms with E-state index in [1.807, 2.05) is 6.92 Å². The number of aryl methyl sites for hydroxylation is 3. The molecule has 1 aromatic rings. The molecule has 0 aliphatic rings. The Bertz CT molecular complexity index is 300. The van der Waals surface area contributed by atoms with Crippen molar-refractivity contribution < 1.29 is 9.13 Å². The third-order valence-corrected chi connectivity index (χ3v) is 2.67. The van der Waals surface area contributed by atoms with Crippen LogP contribution in [-0.2, 0) is 6.42 Å². The van der Waals surface area contributed by atoms with Crippen molar-refractivity contribution in [3.8, 4) is 5.75 Å². The number of benzene rings is 1. The van der Waals surface area contributed by atoms with E-state index in [4.69, 9.17) is 4.74 Å². The molecule has 0 atom stereocenters. The number of ether oxygens (including phenoxy) is 1. The lowest BCUT2D eigenvalue weighted by Crippen LogP contribution is -2.00. The second kappa shape index (κ2) is 6.51. The van der Waals surface area contributed by atoms with E-state index in [1.54, 1.807) is 0 Å². The molecule has 0 aromatic heterocycles. The first-order chi connectivity index (χ1) is 7.69. The van der Waals surface area contributed by atoms with Gasteiger partial charge in [-0.2, -0.15) is 0 Å². The van der Waals surface area contributed by atoms with Crippen LogP contribution < -0.4 is 4.74 Å². The molecule has 0 radical (unpaired) electrons. The summed E-state index contributed by atoms with van der Waals surface area (Å²) in [5, 5.41) is 0. The number of rotatable bonds is 6. The zero-order valence-corrected chi connectivity index (χ0v) is 10.5. The summed E-state index contributed by atoms with van der Waals surface area (Å²) < 4.78 is 17.8. The maximum Gasteiger partial charge on any atom is 0.122 e. The normalized spacial score (nSPS) is 10.5. The van der Waals surface area contributed by atoms with E-state index in [0.717, 1.165) is 30.8 Å². The molecule has 0 bridgehead atoms. The van der Waals surface area contributed by atoms with Gasteiger partial charge >= 0.3 is 0 Å². The van der Waals surface area contributed by atoms with Crippen LogP contribution in [0.25, 0.3) is 0 Å². The smallest absolute Gasteiger partial charge is 0.122 e. The Morgan fingerprint density at radius 3 is 2.56 bits per heavy atom. The highest BCUT2D eigenvalue weighted by Crippen LogP contribution is 2.23. The molecular weight excluding hydrogens is 203 g/mol. The molecule has 0 heterocycles. The van der Waals surface area contributed by atoms with Crippen LogP contribution in [0.5, 0.6) is 5.75 Å². The van der Waals surface area contributed by atoms with Gasteiger partial charge < -0.3 is 4.74 Å². The van der Waals surface area contributed by atoms with Crippen LogP contribution in [0, 0.1) is 13.8 Å². The number of hydrogen-bond donors (Lipinski definition) is 0. The molecule has 0 spiro atoms. The predicted octanol–water partition coefficient (Wildman–Crippen LogP) is 3.99. The number of halogens is 1. The fourth-order valence-electron chi connectivity index (χ4n) is 1.74. The highest BCUT2D eigenvalue weighted by atomic mass is 19.1. The Morgan fingerprint density at radius 1 is 1.19 bits per heavy atom. The van der Waals surface area contributed by atoms with Crippen LogP contribution in [0.4, 0.5) is 4.39 Å². The van der Waals surface area contributed by atoms with Crippen molar-refractivity contribution in [2.75, 3.05) is 13.3 Å². The van der Waals surface area contributed by atoms with E-state index in [1.165, 1.54) is 11.1 Å². The molecule has 1 rings (SSSR count). The Morgan fingerprint density at radius 2 is 1.94 bits per heavy atom. The first-order valence-electron chi connectivity index (χ1n) is 5.98. The topological polar surface area (TPSA) is 9.23 Å². The van der Waals surface area contributed by atoms with Gasteiger partial charge in [0.05, 0.1) is 13.3 Å². The third-order valence-electron chi connectivity index (χ3n) is 2.67. The average molecular weight is 224 g/mol. The van der Waals surface area contributed by atoms with Gasteiger partial charge in [-0.3, -0.25) is 4.39 Å². The van der Waals surface area contributed by atoms with E-state index < -0.39 is 0 Å². The number of alkyl halides is 1. The van der Waals surface area contributed by atoms with Crippen molar-refractivity contribution in [1.82, 2.24) is 0 Å². The molecule has 0 aliphatic heterocycles. The standard InChI is InChI=1S/C14H21FO/c1-4-8-16-14-10-11(2)13(6-5-7-15)9-12(14)3/h9-10H,4-8H2,1-3H3. The average Bonchev–Trinajstić information content (AvgIpc) is 2.28. The molecule has 1 aromatic carbocycles. The summed E-state index contributed by atoms with van der Waals surface area (Å²) in [5.74, 6) is 0.961. The highest BCUT2D eigenvalue weighted by Gasteiger charge is 2.05. The predicted molar refractivity (Wildman–Crippen MR) is 66.0 cm³/mol. The van der Waals surface area contributed by atoms with Gasteiger partial charge in [-0.05, 0) is 55.9 Å². The molecule has 2 heteroatoms. The van der Waals surface area contributed by atoms with Crippen molar-refractivity contribution >= 4 is 0 Å². The van der Waals surface area contributed by atoms with Crippen LogP contribution in [0.2, 0.25) is 0 Å². The molecular formula is C14H21FO. The molecule has 0 unspecified atom stereocenters. The maximum atomic E-state index is 12.1. The summed E-state index contributed by atoms with van der Waals surface area (Å²) in [6.45, 7) is 6.71. The van der Waals surface area contributed by atoms with E-state index in [9.17, 15) is 4.39 Å². The minimum atomic E-state index is -0.243. The van der Waals surface area contributed by atoms with E-state index in [2.05, 4.69) is 26.0 Å². The van der Waals surface area contributed by atoms with E-state index in [0.29, 0.717) is 6.42 Å². The lowest BCUT2D eigenvalue weighted by molar-refractivity contribution is 0.315. The molecule has 1 nitrogen and oxygen atoms in total. The van der Waals surface area contributed by atoms with Crippen molar-refractivity contribution in [2.24, 2.45) is 0 Å². The molecule has 90 valence electrons. The van der Waals surface area contributed by atoms with Gasteiger partial charge in [0.25, 0.3) is 0 Å². The van der Waals surface area contributed by atoms with Gasteiger partial charge in [-0.25, -0.2) is 0 Å². The second-order valence-corrected chi connectivity index (χ2v) is 4.19.